The van der Waals surface area contributed by atoms with Crippen LogP contribution in [0.1, 0.15) is 55.3 Å². The van der Waals surface area contributed by atoms with Crippen molar-refractivity contribution in [2.75, 3.05) is 6.54 Å². The number of ether oxygens (including phenoxy) is 1. The minimum atomic E-state index is 0.580. The third-order valence-corrected chi connectivity index (χ3v) is 5.58. The van der Waals surface area contributed by atoms with E-state index in [1.165, 1.54) is 42.4 Å². The first-order chi connectivity index (χ1) is 9.88. The van der Waals surface area contributed by atoms with Gasteiger partial charge in [0, 0.05) is 6.04 Å². The van der Waals surface area contributed by atoms with E-state index in [4.69, 9.17) is 4.74 Å². The highest BCUT2D eigenvalue weighted by atomic mass is 16.5. The molecule has 2 fully saturated rings. The van der Waals surface area contributed by atoms with Crippen LogP contribution in [0.3, 0.4) is 0 Å². The first-order valence-corrected chi connectivity index (χ1v) is 8.31. The van der Waals surface area contributed by atoms with Gasteiger partial charge < -0.3 is 10.1 Å². The maximum absolute atomic E-state index is 5.56. The summed E-state index contributed by atoms with van der Waals surface area (Å²) in [6.07, 6.45) is 5.61. The van der Waals surface area contributed by atoms with Crippen LogP contribution in [-0.2, 0) is 18.0 Å². The largest absolute Gasteiger partial charge is 0.372 e. The molecule has 1 aromatic carbocycles. The quantitative estimate of drug-likeness (QED) is 0.879. The normalized spacial score (nSPS) is 31.9. The minimum Gasteiger partial charge on any atom is -0.372 e. The van der Waals surface area contributed by atoms with E-state index in [1.54, 1.807) is 0 Å². The van der Waals surface area contributed by atoms with E-state index < -0.39 is 0 Å². The van der Waals surface area contributed by atoms with Crippen LogP contribution in [0.5, 0.6) is 0 Å². The maximum Gasteiger partial charge on any atom is 0.0725 e. The van der Waals surface area contributed by atoms with Crippen molar-refractivity contribution < 1.29 is 4.74 Å². The van der Waals surface area contributed by atoms with Crippen molar-refractivity contribution in [3.63, 3.8) is 0 Å². The summed E-state index contributed by atoms with van der Waals surface area (Å²) in [5.74, 6) is 2.92. The van der Waals surface area contributed by atoms with Crippen LogP contribution >= 0.6 is 0 Å². The Morgan fingerprint density at radius 3 is 2.80 bits per heavy atom. The number of nitrogens with one attached hydrogen (secondary N) is 1. The van der Waals surface area contributed by atoms with Gasteiger partial charge in [0.15, 0.2) is 0 Å². The number of hydrogen-bond acceptors (Lipinski definition) is 2. The van der Waals surface area contributed by atoms with Gasteiger partial charge in [-0.25, -0.2) is 0 Å². The zero-order valence-electron chi connectivity index (χ0n) is 12.4. The minimum absolute atomic E-state index is 0.580. The van der Waals surface area contributed by atoms with Crippen LogP contribution in [0.2, 0.25) is 0 Å². The van der Waals surface area contributed by atoms with Gasteiger partial charge in [-0.05, 0) is 60.3 Å². The molecule has 0 saturated heterocycles. The van der Waals surface area contributed by atoms with Crippen molar-refractivity contribution in [3.8, 4) is 0 Å². The van der Waals surface area contributed by atoms with E-state index >= 15 is 0 Å². The number of hydrogen-bond donors (Lipinski definition) is 1. The monoisotopic (exact) mass is 271 g/mol. The Kier molecular flexibility index (Phi) is 3.31. The Bertz CT molecular complexity index is 488. The molecular weight excluding hydrogens is 246 g/mol. The highest BCUT2D eigenvalue weighted by Gasteiger charge is 2.55. The second kappa shape index (κ2) is 5.16. The van der Waals surface area contributed by atoms with Crippen molar-refractivity contribution in [2.45, 2.75) is 51.9 Å². The van der Waals surface area contributed by atoms with Crippen LogP contribution in [0, 0.1) is 17.8 Å². The van der Waals surface area contributed by atoms with E-state index in [2.05, 4.69) is 30.4 Å². The summed E-state index contributed by atoms with van der Waals surface area (Å²) in [4.78, 5) is 0. The lowest BCUT2D eigenvalue weighted by molar-refractivity contribution is 0.134. The molecule has 1 aromatic rings. The van der Waals surface area contributed by atoms with Gasteiger partial charge in [0.1, 0.15) is 0 Å². The number of benzene rings is 1. The molecule has 1 N–H and O–H groups in total. The summed E-state index contributed by atoms with van der Waals surface area (Å²) in [5, 5.41) is 3.83. The van der Waals surface area contributed by atoms with Gasteiger partial charge >= 0.3 is 0 Å². The second-order valence-electron chi connectivity index (χ2n) is 6.79. The van der Waals surface area contributed by atoms with Crippen LogP contribution in [-0.4, -0.2) is 6.54 Å². The van der Waals surface area contributed by atoms with E-state index in [-0.39, 0.29) is 0 Å². The molecule has 0 aromatic heterocycles. The molecule has 0 bridgehead atoms. The van der Waals surface area contributed by atoms with Crippen molar-refractivity contribution >= 4 is 0 Å². The van der Waals surface area contributed by atoms with E-state index in [1.807, 2.05) is 0 Å². The molecule has 3 aliphatic rings. The van der Waals surface area contributed by atoms with Gasteiger partial charge in [-0.2, -0.15) is 0 Å². The summed E-state index contributed by atoms with van der Waals surface area (Å²) < 4.78 is 5.56. The SMILES string of the molecule is CCCNC(c1ccc2c(c1)COC2)C1C2CCCC21. The molecule has 2 nitrogen and oxygen atoms in total. The van der Waals surface area contributed by atoms with Gasteiger partial charge in [0.25, 0.3) is 0 Å². The van der Waals surface area contributed by atoms with Gasteiger partial charge in [0.2, 0.25) is 0 Å². The van der Waals surface area contributed by atoms with E-state index in [9.17, 15) is 0 Å². The molecule has 4 rings (SSSR count). The summed E-state index contributed by atoms with van der Waals surface area (Å²) in [6.45, 7) is 5.00. The standard InChI is InChI=1S/C18H25NO/c1-2-8-19-18(17-15-4-3-5-16(15)17)12-6-7-13-10-20-11-14(13)9-12/h6-7,9,15-19H,2-5,8,10-11H2,1H3. The van der Waals surface area contributed by atoms with Crippen LogP contribution in [0.4, 0.5) is 0 Å². The second-order valence-corrected chi connectivity index (χ2v) is 6.79. The molecule has 0 spiro atoms. The van der Waals surface area contributed by atoms with Crippen LogP contribution in [0.25, 0.3) is 0 Å². The Labute approximate surface area is 121 Å². The number of fused-ring (bicyclic) bond motifs is 2. The lowest BCUT2D eigenvalue weighted by Gasteiger charge is -2.21. The van der Waals surface area contributed by atoms with Crippen molar-refractivity contribution in [3.05, 3.63) is 34.9 Å². The summed E-state index contributed by atoms with van der Waals surface area (Å²) >= 11 is 0. The molecule has 0 amide bonds. The van der Waals surface area contributed by atoms with Crippen molar-refractivity contribution in [1.82, 2.24) is 5.32 Å². The third-order valence-electron chi connectivity index (χ3n) is 5.58. The zero-order chi connectivity index (χ0) is 13.5. The third kappa shape index (κ3) is 2.10. The Morgan fingerprint density at radius 1 is 1.20 bits per heavy atom. The molecule has 3 unspecified atom stereocenters. The lowest BCUT2D eigenvalue weighted by Crippen LogP contribution is -2.25. The average Bonchev–Trinajstić information content (AvgIpc) is 2.89. The van der Waals surface area contributed by atoms with Crippen molar-refractivity contribution in [2.24, 2.45) is 17.8 Å². The fraction of sp³-hybridized carbons (Fsp3) is 0.667. The summed E-state index contributed by atoms with van der Waals surface area (Å²) in [6, 6.07) is 7.62. The van der Waals surface area contributed by atoms with Gasteiger partial charge in [-0.1, -0.05) is 31.5 Å². The zero-order valence-corrected chi connectivity index (χ0v) is 12.4. The predicted octanol–water partition coefficient (Wildman–Crippen LogP) is 3.80. The van der Waals surface area contributed by atoms with Gasteiger partial charge in [-0.15, -0.1) is 0 Å². The van der Waals surface area contributed by atoms with Crippen molar-refractivity contribution in [1.29, 1.82) is 0 Å². The topological polar surface area (TPSA) is 21.3 Å². The molecule has 0 radical (unpaired) electrons. The van der Waals surface area contributed by atoms with Gasteiger partial charge in [-0.3, -0.25) is 0 Å². The fourth-order valence-corrected chi connectivity index (χ4v) is 4.53. The van der Waals surface area contributed by atoms with E-state index in [0.29, 0.717) is 6.04 Å². The Hall–Kier alpha value is -0.860. The molecule has 2 heteroatoms. The lowest BCUT2D eigenvalue weighted by atomic mass is 9.94. The first-order valence-electron chi connectivity index (χ1n) is 8.31. The highest BCUT2D eigenvalue weighted by molar-refractivity contribution is 5.36. The first kappa shape index (κ1) is 12.8. The Balaban J connectivity index is 1.57. The van der Waals surface area contributed by atoms with Crippen LogP contribution in [0.15, 0.2) is 18.2 Å². The molecule has 2 saturated carbocycles. The smallest absolute Gasteiger partial charge is 0.0725 e. The predicted molar refractivity (Wildman–Crippen MR) is 80.3 cm³/mol. The molecule has 20 heavy (non-hydrogen) atoms. The van der Waals surface area contributed by atoms with Crippen LogP contribution < -0.4 is 5.32 Å². The fourth-order valence-electron chi connectivity index (χ4n) is 4.53. The Morgan fingerprint density at radius 2 is 2.00 bits per heavy atom. The highest BCUT2D eigenvalue weighted by Crippen LogP contribution is 2.62. The molecule has 108 valence electrons. The average molecular weight is 271 g/mol. The molecule has 1 heterocycles. The molecule has 2 aliphatic carbocycles. The maximum atomic E-state index is 5.56. The van der Waals surface area contributed by atoms with Gasteiger partial charge in [0.05, 0.1) is 13.2 Å². The summed E-state index contributed by atoms with van der Waals surface area (Å²) in [7, 11) is 0. The summed E-state index contributed by atoms with van der Waals surface area (Å²) in [5.41, 5.74) is 4.30. The number of rotatable bonds is 5. The molecular formula is C18H25NO. The van der Waals surface area contributed by atoms with E-state index in [0.717, 1.165) is 37.5 Å². The molecule has 3 atom stereocenters. The molecule has 1 aliphatic heterocycles.